The van der Waals surface area contributed by atoms with E-state index in [9.17, 15) is 4.79 Å². The predicted molar refractivity (Wildman–Crippen MR) is 106 cm³/mol. The number of hydrogen-bond donors (Lipinski definition) is 1. The number of nitrogens with one attached hydrogen (secondary N) is 1. The molecule has 1 amide bonds. The zero-order valence-corrected chi connectivity index (χ0v) is 16.8. The molecule has 0 saturated heterocycles. The number of thiophene rings is 1. The molecular weight excluding hydrogens is 332 g/mol. The summed E-state index contributed by atoms with van der Waals surface area (Å²) in [7, 11) is 0. The summed E-state index contributed by atoms with van der Waals surface area (Å²) in [4.78, 5) is 25.6. The molecule has 0 spiro atoms. The Morgan fingerprint density at radius 2 is 1.88 bits per heavy atom. The van der Waals surface area contributed by atoms with Crippen LogP contribution in [0.4, 0.5) is 5.82 Å². The van der Waals surface area contributed by atoms with Crippen molar-refractivity contribution in [2.24, 2.45) is 11.8 Å². The van der Waals surface area contributed by atoms with Crippen LogP contribution < -0.4 is 5.32 Å². The standard InChI is InChI=1S/C19H30N4OS/c1-6-15-9-16-18(21-12-22-19(16)25-15)20-8-7-17(24)23(10-13(2)3)11-14(4)5/h9,12-14H,6-8,10-11H2,1-5H3,(H,20,21,22). The van der Waals surface area contributed by atoms with Crippen molar-refractivity contribution in [1.29, 1.82) is 0 Å². The van der Waals surface area contributed by atoms with Crippen LogP contribution in [0.2, 0.25) is 0 Å². The Morgan fingerprint density at radius 1 is 1.20 bits per heavy atom. The number of aryl methyl sites for hydroxylation is 1. The SMILES string of the molecule is CCc1cc2c(NCCC(=O)N(CC(C)C)CC(C)C)ncnc2s1. The van der Waals surface area contributed by atoms with E-state index in [4.69, 9.17) is 0 Å². The van der Waals surface area contributed by atoms with E-state index < -0.39 is 0 Å². The molecular formula is C19H30N4OS. The number of carbonyl (C=O) groups excluding carboxylic acids is 1. The topological polar surface area (TPSA) is 58.1 Å². The lowest BCUT2D eigenvalue weighted by Crippen LogP contribution is -2.37. The van der Waals surface area contributed by atoms with E-state index in [2.05, 4.69) is 56.0 Å². The zero-order valence-electron chi connectivity index (χ0n) is 16.0. The fraction of sp³-hybridized carbons (Fsp3) is 0.632. The minimum atomic E-state index is 0.208. The molecule has 6 heteroatoms. The van der Waals surface area contributed by atoms with Gasteiger partial charge in [0, 0.05) is 30.9 Å². The highest BCUT2D eigenvalue weighted by atomic mass is 32.1. The van der Waals surface area contributed by atoms with Gasteiger partial charge in [-0.1, -0.05) is 34.6 Å². The Hall–Kier alpha value is -1.69. The zero-order chi connectivity index (χ0) is 18.4. The van der Waals surface area contributed by atoms with Gasteiger partial charge in [0.25, 0.3) is 0 Å². The molecule has 0 aliphatic rings. The van der Waals surface area contributed by atoms with Gasteiger partial charge in [0.05, 0.1) is 5.39 Å². The Morgan fingerprint density at radius 3 is 2.48 bits per heavy atom. The molecule has 0 atom stereocenters. The van der Waals surface area contributed by atoms with Crippen molar-refractivity contribution >= 4 is 33.3 Å². The van der Waals surface area contributed by atoms with Crippen molar-refractivity contribution < 1.29 is 4.79 Å². The van der Waals surface area contributed by atoms with Crippen molar-refractivity contribution in [3.05, 3.63) is 17.3 Å². The minimum absolute atomic E-state index is 0.208. The van der Waals surface area contributed by atoms with Crippen molar-refractivity contribution in [2.45, 2.75) is 47.5 Å². The van der Waals surface area contributed by atoms with Crippen LogP contribution in [0.25, 0.3) is 10.2 Å². The third-order valence-corrected chi connectivity index (χ3v) is 5.07. The lowest BCUT2D eigenvalue weighted by molar-refractivity contribution is -0.132. The van der Waals surface area contributed by atoms with Gasteiger partial charge < -0.3 is 10.2 Å². The van der Waals surface area contributed by atoms with Crippen molar-refractivity contribution in [2.75, 3.05) is 25.0 Å². The van der Waals surface area contributed by atoms with Crippen LogP contribution in [-0.4, -0.2) is 40.4 Å². The third kappa shape index (κ3) is 5.66. The van der Waals surface area contributed by atoms with Crippen LogP contribution in [0.5, 0.6) is 0 Å². The van der Waals surface area contributed by atoms with Crippen LogP contribution in [0.15, 0.2) is 12.4 Å². The first-order chi connectivity index (χ1) is 11.9. The first kappa shape index (κ1) is 19.6. The monoisotopic (exact) mass is 362 g/mol. The summed E-state index contributed by atoms with van der Waals surface area (Å²) in [6, 6.07) is 2.15. The molecule has 1 N–H and O–H groups in total. The summed E-state index contributed by atoms with van der Waals surface area (Å²) >= 11 is 1.70. The van der Waals surface area contributed by atoms with Gasteiger partial charge >= 0.3 is 0 Å². The molecule has 2 rings (SSSR count). The number of rotatable bonds is 9. The van der Waals surface area contributed by atoms with Gasteiger partial charge in [0.2, 0.25) is 5.91 Å². The molecule has 2 aromatic heterocycles. The minimum Gasteiger partial charge on any atom is -0.369 e. The van der Waals surface area contributed by atoms with E-state index in [0.717, 1.165) is 35.5 Å². The Bertz CT molecular complexity index is 686. The van der Waals surface area contributed by atoms with Gasteiger partial charge in [-0.2, -0.15) is 0 Å². The third-order valence-electron chi connectivity index (χ3n) is 3.88. The fourth-order valence-corrected chi connectivity index (χ4v) is 3.76. The average molecular weight is 363 g/mol. The quantitative estimate of drug-likeness (QED) is 0.726. The second-order valence-corrected chi connectivity index (χ2v) is 8.39. The number of anilines is 1. The molecule has 2 aromatic rings. The maximum absolute atomic E-state index is 12.6. The summed E-state index contributed by atoms with van der Waals surface area (Å²) in [5.74, 6) is 2.00. The van der Waals surface area contributed by atoms with Crippen molar-refractivity contribution in [3.8, 4) is 0 Å². The highest BCUT2D eigenvalue weighted by Gasteiger charge is 2.16. The normalized spacial score (nSPS) is 11.5. The lowest BCUT2D eigenvalue weighted by atomic mass is 10.1. The maximum Gasteiger partial charge on any atom is 0.224 e. The van der Waals surface area contributed by atoms with E-state index in [-0.39, 0.29) is 5.91 Å². The van der Waals surface area contributed by atoms with Gasteiger partial charge in [-0.05, 0) is 24.3 Å². The average Bonchev–Trinajstić information content (AvgIpc) is 2.97. The van der Waals surface area contributed by atoms with Crippen LogP contribution in [0.3, 0.4) is 0 Å². The van der Waals surface area contributed by atoms with Crippen LogP contribution in [0, 0.1) is 11.8 Å². The maximum atomic E-state index is 12.6. The Labute approximate surface area is 154 Å². The molecule has 0 aliphatic carbocycles. The smallest absolute Gasteiger partial charge is 0.224 e. The molecule has 0 unspecified atom stereocenters. The second kappa shape index (κ2) is 9.13. The first-order valence-electron chi connectivity index (χ1n) is 9.15. The van der Waals surface area contributed by atoms with Gasteiger partial charge in [0.15, 0.2) is 0 Å². The number of hydrogen-bond acceptors (Lipinski definition) is 5. The Balaban J connectivity index is 1.97. The summed E-state index contributed by atoms with van der Waals surface area (Å²) < 4.78 is 0. The van der Waals surface area contributed by atoms with Gasteiger partial charge in [0.1, 0.15) is 17.0 Å². The highest BCUT2D eigenvalue weighted by molar-refractivity contribution is 7.18. The highest BCUT2D eigenvalue weighted by Crippen LogP contribution is 2.28. The molecule has 0 bridgehead atoms. The number of carbonyl (C=O) groups is 1. The summed E-state index contributed by atoms with van der Waals surface area (Å²) in [6.07, 6.45) is 3.07. The van der Waals surface area contributed by atoms with Crippen molar-refractivity contribution in [1.82, 2.24) is 14.9 Å². The number of nitrogens with zero attached hydrogens (tertiary/aromatic N) is 3. The largest absolute Gasteiger partial charge is 0.369 e. The molecule has 0 fully saturated rings. The van der Waals surface area contributed by atoms with Crippen LogP contribution in [0.1, 0.15) is 45.9 Å². The van der Waals surface area contributed by atoms with E-state index in [1.165, 1.54) is 4.88 Å². The molecule has 0 radical (unpaired) electrons. The van der Waals surface area contributed by atoms with Gasteiger partial charge in [-0.3, -0.25) is 4.79 Å². The molecule has 0 saturated carbocycles. The van der Waals surface area contributed by atoms with E-state index in [1.54, 1.807) is 17.7 Å². The first-order valence-corrected chi connectivity index (χ1v) is 9.97. The van der Waals surface area contributed by atoms with Crippen LogP contribution in [-0.2, 0) is 11.2 Å². The van der Waals surface area contributed by atoms with E-state index in [0.29, 0.717) is 24.8 Å². The number of amides is 1. The summed E-state index contributed by atoms with van der Waals surface area (Å²) in [6.45, 7) is 13.0. The second-order valence-electron chi connectivity index (χ2n) is 7.27. The number of fused-ring (bicyclic) bond motifs is 1. The molecule has 0 aromatic carbocycles. The van der Waals surface area contributed by atoms with Gasteiger partial charge in [-0.25, -0.2) is 9.97 Å². The van der Waals surface area contributed by atoms with E-state index >= 15 is 0 Å². The van der Waals surface area contributed by atoms with E-state index in [1.807, 2.05) is 4.90 Å². The molecule has 2 heterocycles. The van der Waals surface area contributed by atoms with Gasteiger partial charge in [-0.15, -0.1) is 11.3 Å². The van der Waals surface area contributed by atoms with Crippen molar-refractivity contribution in [3.63, 3.8) is 0 Å². The fourth-order valence-electron chi connectivity index (χ4n) is 2.83. The van der Waals surface area contributed by atoms with Crippen LogP contribution >= 0.6 is 11.3 Å². The number of aromatic nitrogens is 2. The predicted octanol–water partition coefficient (Wildman–Crippen LogP) is 4.20. The lowest BCUT2D eigenvalue weighted by Gasteiger charge is -2.26. The molecule has 0 aliphatic heterocycles. The Kier molecular flexibility index (Phi) is 7.17. The molecule has 138 valence electrons. The molecule has 5 nitrogen and oxygen atoms in total. The summed E-state index contributed by atoms with van der Waals surface area (Å²) in [5, 5.41) is 4.38. The summed E-state index contributed by atoms with van der Waals surface area (Å²) in [5.41, 5.74) is 0. The molecule has 25 heavy (non-hydrogen) atoms.